The second-order valence-electron chi connectivity index (χ2n) is 6.96. The molecule has 0 atom stereocenters. The monoisotopic (exact) mass is 391 g/mol. The van der Waals surface area contributed by atoms with Crippen molar-refractivity contribution in [3.63, 3.8) is 0 Å². The smallest absolute Gasteiger partial charge is 0.223 e. The Morgan fingerprint density at radius 2 is 2.04 bits per heavy atom. The first-order valence-corrected chi connectivity index (χ1v) is 11.4. The first-order chi connectivity index (χ1) is 12.7. The zero-order valence-electron chi connectivity index (χ0n) is 15.1. The van der Waals surface area contributed by atoms with Crippen molar-refractivity contribution in [1.82, 2.24) is 10.3 Å². The van der Waals surface area contributed by atoms with Crippen LogP contribution in [0.2, 0.25) is 0 Å². The van der Waals surface area contributed by atoms with Gasteiger partial charge < -0.3 is 15.0 Å². The lowest BCUT2D eigenvalue weighted by Crippen LogP contribution is -2.45. The van der Waals surface area contributed by atoms with Gasteiger partial charge in [0.2, 0.25) is 5.91 Å². The molecule has 0 saturated carbocycles. The fourth-order valence-corrected chi connectivity index (χ4v) is 5.38. The summed E-state index contributed by atoms with van der Waals surface area (Å²) in [7, 11) is 0. The molecule has 7 heteroatoms. The highest BCUT2D eigenvalue weighted by atomic mass is 32.2. The van der Waals surface area contributed by atoms with E-state index in [1.54, 1.807) is 23.1 Å². The number of para-hydroxylation sites is 1. The van der Waals surface area contributed by atoms with Crippen molar-refractivity contribution in [3.05, 3.63) is 18.2 Å². The van der Waals surface area contributed by atoms with Crippen molar-refractivity contribution in [2.75, 3.05) is 37.5 Å². The van der Waals surface area contributed by atoms with Crippen LogP contribution in [0, 0.1) is 5.92 Å². The first-order valence-electron chi connectivity index (χ1n) is 9.31. The minimum Gasteiger partial charge on any atom is -0.381 e. The Hall–Kier alpha value is -1.31. The van der Waals surface area contributed by atoms with E-state index in [4.69, 9.17) is 9.72 Å². The second-order valence-corrected chi connectivity index (χ2v) is 8.82. The molecule has 1 N–H and O–H groups in total. The lowest BCUT2D eigenvalue weighted by atomic mass is 9.95. The summed E-state index contributed by atoms with van der Waals surface area (Å²) >= 11 is 3.50. The molecule has 3 heterocycles. The summed E-state index contributed by atoms with van der Waals surface area (Å²) in [6.45, 7) is 3.33. The maximum absolute atomic E-state index is 12.5. The maximum atomic E-state index is 12.5. The Balaban J connectivity index is 1.36. The van der Waals surface area contributed by atoms with Gasteiger partial charge in [-0.1, -0.05) is 17.4 Å². The number of hydrogen-bond acceptors (Lipinski definition) is 6. The number of nitrogens with one attached hydrogen (secondary N) is 1. The number of ether oxygens (including phenoxy) is 1. The molecular weight excluding hydrogens is 366 g/mol. The largest absolute Gasteiger partial charge is 0.381 e. The Bertz CT molecular complexity index is 765. The van der Waals surface area contributed by atoms with E-state index in [0.717, 1.165) is 62.6 Å². The van der Waals surface area contributed by atoms with E-state index in [0.29, 0.717) is 6.04 Å². The molecule has 2 saturated heterocycles. The summed E-state index contributed by atoms with van der Waals surface area (Å²) in [5.41, 5.74) is 1.11. The summed E-state index contributed by atoms with van der Waals surface area (Å²) in [5, 5.41) is 4.31. The number of fused-ring (bicyclic) bond motifs is 1. The first kappa shape index (κ1) is 18.1. The van der Waals surface area contributed by atoms with Crippen LogP contribution in [0.3, 0.4) is 0 Å². The van der Waals surface area contributed by atoms with Crippen LogP contribution in [0.15, 0.2) is 23.1 Å². The number of hydrogen-bond donors (Lipinski definition) is 1. The molecule has 4 rings (SSSR count). The van der Waals surface area contributed by atoms with Crippen molar-refractivity contribution in [2.24, 2.45) is 5.92 Å². The average molecular weight is 392 g/mol. The summed E-state index contributed by atoms with van der Waals surface area (Å²) in [6, 6.07) is 6.67. The van der Waals surface area contributed by atoms with Gasteiger partial charge in [-0.2, -0.15) is 0 Å². The molecule has 0 unspecified atom stereocenters. The number of thioether (sulfide) groups is 1. The van der Waals surface area contributed by atoms with Gasteiger partial charge in [0.05, 0.1) is 10.2 Å². The Morgan fingerprint density at radius 3 is 2.77 bits per heavy atom. The standard InChI is InChI=1S/C19H25N3O2S2/c1-25-15-3-2-4-16-17(15)21-19(26-16)22-9-5-13(6-10-22)18(23)20-14-7-11-24-12-8-14/h2-4,13-14H,5-12H2,1H3,(H,20,23). The van der Waals surface area contributed by atoms with Gasteiger partial charge >= 0.3 is 0 Å². The molecule has 1 aromatic heterocycles. The van der Waals surface area contributed by atoms with Crippen LogP contribution in [0.1, 0.15) is 25.7 Å². The van der Waals surface area contributed by atoms with E-state index in [-0.39, 0.29) is 11.8 Å². The van der Waals surface area contributed by atoms with Crippen LogP contribution in [0.5, 0.6) is 0 Å². The lowest BCUT2D eigenvalue weighted by Gasteiger charge is -2.32. The van der Waals surface area contributed by atoms with Gasteiger partial charge in [-0.25, -0.2) is 4.98 Å². The van der Waals surface area contributed by atoms with Gasteiger partial charge in [0.25, 0.3) is 0 Å². The van der Waals surface area contributed by atoms with Crippen molar-refractivity contribution >= 4 is 44.4 Å². The second kappa shape index (κ2) is 8.15. The topological polar surface area (TPSA) is 54.5 Å². The molecule has 5 nitrogen and oxygen atoms in total. The third-order valence-electron chi connectivity index (χ3n) is 5.29. The summed E-state index contributed by atoms with van der Waals surface area (Å²) < 4.78 is 6.61. The molecule has 1 amide bonds. The van der Waals surface area contributed by atoms with Gasteiger partial charge in [0, 0.05) is 43.2 Å². The molecule has 26 heavy (non-hydrogen) atoms. The van der Waals surface area contributed by atoms with Crippen molar-refractivity contribution < 1.29 is 9.53 Å². The molecule has 2 fully saturated rings. The molecular formula is C19H25N3O2S2. The number of anilines is 1. The lowest BCUT2D eigenvalue weighted by molar-refractivity contribution is -0.126. The van der Waals surface area contributed by atoms with Crippen LogP contribution < -0.4 is 10.2 Å². The van der Waals surface area contributed by atoms with E-state index in [9.17, 15) is 4.79 Å². The average Bonchev–Trinajstić information content (AvgIpc) is 3.13. The number of nitrogens with zero attached hydrogens (tertiary/aromatic N) is 2. The van der Waals surface area contributed by atoms with Gasteiger partial charge in [0.1, 0.15) is 0 Å². The zero-order valence-corrected chi connectivity index (χ0v) is 16.7. The van der Waals surface area contributed by atoms with Crippen LogP contribution in [-0.4, -0.2) is 49.5 Å². The SMILES string of the molecule is CSc1cccc2sc(N3CCC(C(=O)NC4CCOCC4)CC3)nc12. The van der Waals surface area contributed by atoms with Crippen LogP contribution in [-0.2, 0) is 9.53 Å². The van der Waals surface area contributed by atoms with Crippen molar-refractivity contribution in [3.8, 4) is 0 Å². The Labute approximate surface area is 162 Å². The number of piperidine rings is 1. The van der Waals surface area contributed by atoms with Crippen LogP contribution >= 0.6 is 23.1 Å². The number of rotatable bonds is 4. The molecule has 140 valence electrons. The third-order valence-corrected chi connectivity index (χ3v) is 7.15. The minimum atomic E-state index is 0.130. The minimum absolute atomic E-state index is 0.130. The molecule has 0 spiro atoms. The van der Waals surface area contributed by atoms with Crippen LogP contribution in [0.4, 0.5) is 5.13 Å². The van der Waals surface area contributed by atoms with E-state index < -0.39 is 0 Å². The van der Waals surface area contributed by atoms with Gasteiger partial charge in [-0.05, 0) is 44.1 Å². The highest BCUT2D eigenvalue weighted by Gasteiger charge is 2.28. The molecule has 2 aromatic rings. The fourth-order valence-electron chi connectivity index (χ4n) is 3.71. The highest BCUT2D eigenvalue weighted by Crippen LogP contribution is 2.35. The van der Waals surface area contributed by atoms with Gasteiger partial charge in [0.15, 0.2) is 5.13 Å². The molecule has 0 aliphatic carbocycles. The number of benzene rings is 1. The van der Waals surface area contributed by atoms with E-state index in [1.165, 1.54) is 9.60 Å². The molecule has 2 aliphatic rings. The Kier molecular flexibility index (Phi) is 5.66. The highest BCUT2D eigenvalue weighted by molar-refractivity contribution is 7.98. The number of thiazole rings is 1. The quantitative estimate of drug-likeness (QED) is 0.808. The molecule has 0 radical (unpaired) electrons. The maximum Gasteiger partial charge on any atom is 0.223 e. The molecule has 2 aliphatic heterocycles. The Morgan fingerprint density at radius 1 is 1.27 bits per heavy atom. The van der Waals surface area contributed by atoms with Gasteiger partial charge in [-0.15, -0.1) is 11.8 Å². The van der Waals surface area contributed by atoms with Crippen molar-refractivity contribution in [2.45, 2.75) is 36.6 Å². The predicted molar refractivity (Wildman–Crippen MR) is 108 cm³/mol. The fraction of sp³-hybridized carbons (Fsp3) is 0.579. The summed E-state index contributed by atoms with van der Waals surface area (Å²) in [5.74, 6) is 0.357. The van der Waals surface area contributed by atoms with E-state index >= 15 is 0 Å². The van der Waals surface area contributed by atoms with Crippen molar-refractivity contribution in [1.29, 1.82) is 0 Å². The summed E-state index contributed by atoms with van der Waals surface area (Å²) in [6.07, 6.45) is 5.78. The van der Waals surface area contributed by atoms with E-state index in [1.807, 2.05) is 0 Å². The molecule has 1 aromatic carbocycles. The number of amides is 1. The summed E-state index contributed by atoms with van der Waals surface area (Å²) in [4.78, 5) is 21.0. The van der Waals surface area contributed by atoms with E-state index in [2.05, 4.69) is 34.7 Å². The predicted octanol–water partition coefficient (Wildman–Crippen LogP) is 3.53. The third kappa shape index (κ3) is 3.85. The van der Waals surface area contributed by atoms with Gasteiger partial charge in [-0.3, -0.25) is 4.79 Å². The van der Waals surface area contributed by atoms with Crippen LogP contribution in [0.25, 0.3) is 10.2 Å². The molecule has 0 bridgehead atoms. The number of carbonyl (C=O) groups is 1. The normalized spacial score (nSPS) is 19.8. The number of aromatic nitrogens is 1. The zero-order chi connectivity index (χ0) is 17.9. The number of carbonyl (C=O) groups excluding carboxylic acids is 1.